The smallest absolute Gasteiger partial charge is 0.00131 e. The van der Waals surface area contributed by atoms with Crippen LogP contribution in [0.5, 0.6) is 0 Å². The Morgan fingerprint density at radius 1 is 0.680 bits per heavy atom. The van der Waals surface area contributed by atoms with Crippen LogP contribution >= 0.6 is 0 Å². The Kier molecular flexibility index (Phi) is 3.41. The maximum absolute atomic E-state index is 2.43. The lowest BCUT2D eigenvalue weighted by Gasteiger charge is -2.28. The molecule has 1 aliphatic carbocycles. The summed E-state index contributed by atoms with van der Waals surface area (Å²) in [5.74, 6) is 0. The van der Waals surface area contributed by atoms with E-state index in [0.29, 0.717) is 0 Å². The second-order valence-corrected chi connectivity index (χ2v) is 9.55. The van der Waals surface area contributed by atoms with Gasteiger partial charge in [-0.25, -0.2) is 0 Å². The Bertz CT molecular complexity index is 975. The van der Waals surface area contributed by atoms with E-state index in [2.05, 4.69) is 90.1 Å². The maximum atomic E-state index is 2.43. The summed E-state index contributed by atoms with van der Waals surface area (Å²) in [5, 5.41) is 2.89. The minimum absolute atomic E-state index is 0.160. The molecule has 0 amide bonds. The van der Waals surface area contributed by atoms with Crippen molar-refractivity contribution in [3.05, 3.63) is 70.8 Å². The zero-order valence-corrected chi connectivity index (χ0v) is 16.3. The van der Waals surface area contributed by atoms with Gasteiger partial charge in [-0.2, -0.15) is 0 Å². The normalized spacial score (nSPS) is 13.8. The van der Waals surface area contributed by atoms with E-state index in [4.69, 9.17) is 0 Å². The molecule has 0 aliphatic heterocycles. The zero-order valence-electron chi connectivity index (χ0n) is 16.3. The van der Waals surface area contributed by atoms with Crippen molar-refractivity contribution in [1.82, 2.24) is 0 Å². The van der Waals surface area contributed by atoms with Gasteiger partial charge in [0.25, 0.3) is 0 Å². The SMILES string of the molecule is CC(C)(C)c1ccc2c(c1)Cc1ccc(C(C)(C)C)c3cccc-2c13. The molecule has 0 spiro atoms. The number of benzene rings is 3. The molecule has 0 radical (unpaired) electrons. The molecule has 0 bridgehead atoms. The van der Waals surface area contributed by atoms with Crippen molar-refractivity contribution in [2.24, 2.45) is 0 Å². The van der Waals surface area contributed by atoms with E-state index in [1.807, 2.05) is 0 Å². The second-order valence-electron chi connectivity index (χ2n) is 9.55. The third kappa shape index (κ3) is 2.59. The first-order valence-electron chi connectivity index (χ1n) is 9.35. The Morgan fingerprint density at radius 3 is 2.12 bits per heavy atom. The van der Waals surface area contributed by atoms with Crippen LogP contribution in [-0.4, -0.2) is 0 Å². The molecule has 0 heteroatoms. The minimum Gasteiger partial charge on any atom is -0.0610 e. The van der Waals surface area contributed by atoms with E-state index < -0.39 is 0 Å². The minimum atomic E-state index is 0.160. The fourth-order valence-corrected chi connectivity index (χ4v) is 4.18. The predicted molar refractivity (Wildman–Crippen MR) is 110 cm³/mol. The standard InChI is InChI=1S/C25H28/c1-24(2,3)18-11-12-19-17(15-18)14-16-10-13-22(25(4,5)6)21-9-7-8-20(19)23(16)21/h7-13,15H,14H2,1-6H3. The van der Waals surface area contributed by atoms with Gasteiger partial charge in [0.1, 0.15) is 0 Å². The average molecular weight is 328 g/mol. The highest BCUT2D eigenvalue weighted by atomic mass is 14.3. The quantitative estimate of drug-likeness (QED) is 0.326. The van der Waals surface area contributed by atoms with E-state index in [-0.39, 0.29) is 10.8 Å². The van der Waals surface area contributed by atoms with Gasteiger partial charge < -0.3 is 0 Å². The fraction of sp³-hybridized carbons (Fsp3) is 0.360. The molecule has 3 aromatic carbocycles. The molecule has 0 heterocycles. The van der Waals surface area contributed by atoms with Crippen molar-refractivity contribution in [3.8, 4) is 11.1 Å². The van der Waals surface area contributed by atoms with Gasteiger partial charge in [0.2, 0.25) is 0 Å². The van der Waals surface area contributed by atoms with Gasteiger partial charge in [-0.15, -0.1) is 0 Å². The number of rotatable bonds is 0. The van der Waals surface area contributed by atoms with Crippen LogP contribution in [0.25, 0.3) is 21.9 Å². The van der Waals surface area contributed by atoms with Crippen LogP contribution in [0.15, 0.2) is 48.5 Å². The summed E-state index contributed by atoms with van der Waals surface area (Å²) in [5.41, 5.74) is 8.98. The van der Waals surface area contributed by atoms with Gasteiger partial charge in [-0.3, -0.25) is 0 Å². The van der Waals surface area contributed by atoms with Gasteiger partial charge in [0.05, 0.1) is 0 Å². The van der Waals surface area contributed by atoms with Gasteiger partial charge in [-0.1, -0.05) is 90.1 Å². The van der Waals surface area contributed by atoms with Crippen molar-refractivity contribution < 1.29 is 0 Å². The van der Waals surface area contributed by atoms with Crippen molar-refractivity contribution >= 4 is 10.8 Å². The summed E-state index contributed by atoms with van der Waals surface area (Å²) in [6.45, 7) is 13.8. The van der Waals surface area contributed by atoms with E-state index in [9.17, 15) is 0 Å². The molecule has 25 heavy (non-hydrogen) atoms. The Balaban J connectivity index is 2.01. The summed E-state index contributed by atoms with van der Waals surface area (Å²) in [6, 6.07) is 18.6. The van der Waals surface area contributed by atoms with E-state index >= 15 is 0 Å². The molecular formula is C25H28. The summed E-state index contributed by atoms with van der Waals surface area (Å²) in [4.78, 5) is 0. The van der Waals surface area contributed by atoms with Crippen molar-refractivity contribution in [1.29, 1.82) is 0 Å². The number of hydrogen-bond donors (Lipinski definition) is 0. The highest BCUT2D eigenvalue weighted by Gasteiger charge is 2.24. The summed E-state index contributed by atoms with van der Waals surface area (Å²) >= 11 is 0. The fourth-order valence-electron chi connectivity index (χ4n) is 4.18. The van der Waals surface area contributed by atoms with Crippen LogP contribution in [0.3, 0.4) is 0 Å². The molecule has 0 saturated heterocycles. The molecule has 4 rings (SSSR count). The number of fused-ring (bicyclic) bond motifs is 2. The second kappa shape index (κ2) is 5.21. The van der Waals surface area contributed by atoms with Crippen LogP contribution in [0.4, 0.5) is 0 Å². The molecule has 0 unspecified atom stereocenters. The van der Waals surface area contributed by atoms with Crippen LogP contribution in [0, 0.1) is 0 Å². The molecule has 0 nitrogen and oxygen atoms in total. The third-order valence-electron chi connectivity index (χ3n) is 5.58. The van der Waals surface area contributed by atoms with Gasteiger partial charge in [-0.05, 0) is 61.4 Å². The van der Waals surface area contributed by atoms with Gasteiger partial charge >= 0.3 is 0 Å². The molecule has 0 N–H and O–H groups in total. The molecule has 0 saturated carbocycles. The van der Waals surface area contributed by atoms with E-state index in [1.54, 1.807) is 0 Å². The Morgan fingerprint density at radius 2 is 1.44 bits per heavy atom. The molecule has 0 atom stereocenters. The Hall–Kier alpha value is -2.08. The van der Waals surface area contributed by atoms with Crippen LogP contribution in [0.1, 0.15) is 63.8 Å². The van der Waals surface area contributed by atoms with Crippen molar-refractivity contribution in [2.45, 2.75) is 58.8 Å². The lowest BCUT2D eigenvalue weighted by atomic mass is 9.76. The third-order valence-corrected chi connectivity index (χ3v) is 5.58. The van der Waals surface area contributed by atoms with Gasteiger partial charge in [0.15, 0.2) is 0 Å². The molecule has 1 aliphatic rings. The van der Waals surface area contributed by atoms with E-state index in [0.717, 1.165) is 6.42 Å². The van der Waals surface area contributed by atoms with Crippen LogP contribution in [0.2, 0.25) is 0 Å². The van der Waals surface area contributed by atoms with Crippen molar-refractivity contribution in [2.75, 3.05) is 0 Å². The highest BCUT2D eigenvalue weighted by Crippen LogP contribution is 2.43. The van der Waals surface area contributed by atoms with E-state index in [1.165, 1.54) is 44.2 Å². The molecular weight excluding hydrogens is 300 g/mol. The van der Waals surface area contributed by atoms with Crippen molar-refractivity contribution in [3.63, 3.8) is 0 Å². The number of hydrogen-bond acceptors (Lipinski definition) is 0. The molecule has 3 aromatic rings. The monoisotopic (exact) mass is 328 g/mol. The first-order chi connectivity index (χ1) is 11.7. The van der Waals surface area contributed by atoms with Crippen LogP contribution < -0.4 is 0 Å². The largest absolute Gasteiger partial charge is 0.0610 e. The average Bonchev–Trinajstić information content (AvgIpc) is 2.53. The van der Waals surface area contributed by atoms with Crippen LogP contribution in [-0.2, 0) is 17.3 Å². The maximum Gasteiger partial charge on any atom is -0.00131 e. The highest BCUT2D eigenvalue weighted by molar-refractivity contribution is 6.03. The zero-order chi connectivity index (χ0) is 18.0. The Labute approximate surface area is 151 Å². The predicted octanol–water partition coefficient (Wildman–Crippen LogP) is 7.01. The van der Waals surface area contributed by atoms with Gasteiger partial charge in [0, 0.05) is 0 Å². The summed E-state index contributed by atoms with van der Waals surface area (Å²) in [6.07, 6.45) is 1.04. The summed E-state index contributed by atoms with van der Waals surface area (Å²) in [7, 11) is 0. The lowest BCUT2D eigenvalue weighted by Crippen LogP contribution is -2.14. The molecule has 128 valence electrons. The molecule has 0 aromatic heterocycles. The lowest BCUT2D eigenvalue weighted by molar-refractivity contribution is 0.589. The molecule has 0 fully saturated rings. The summed E-state index contributed by atoms with van der Waals surface area (Å²) < 4.78 is 0. The topological polar surface area (TPSA) is 0 Å². The first-order valence-corrected chi connectivity index (χ1v) is 9.35. The first kappa shape index (κ1) is 16.4.